The second-order valence-corrected chi connectivity index (χ2v) is 7.05. The summed E-state index contributed by atoms with van der Waals surface area (Å²) < 4.78 is 7.80. The standard InChI is InChI=1S/C22H25N3O2/c1-3-27-12-11-24-20-10-5-4-9-19(20)23-22(24)17-14-21(26)25(15-17)18-8-6-7-16(2)13-18/h4-10,13,17H,3,11-12,14-15H2,1-2H3/t17-/m0/s1. The van der Waals surface area contributed by atoms with E-state index in [0.29, 0.717) is 26.2 Å². The summed E-state index contributed by atoms with van der Waals surface area (Å²) in [5.41, 5.74) is 4.21. The SMILES string of the molecule is CCOCCn1c([C@H]2CC(=O)N(c3cccc(C)c3)C2)nc2ccccc21. The zero-order valence-corrected chi connectivity index (χ0v) is 15.9. The Morgan fingerprint density at radius 2 is 2.04 bits per heavy atom. The maximum atomic E-state index is 12.7. The molecule has 5 nitrogen and oxygen atoms in total. The molecule has 140 valence electrons. The first-order chi connectivity index (χ1) is 13.2. The van der Waals surface area contributed by atoms with Crippen LogP contribution < -0.4 is 4.90 Å². The smallest absolute Gasteiger partial charge is 0.227 e. The van der Waals surface area contributed by atoms with Gasteiger partial charge in [-0.15, -0.1) is 0 Å². The Bertz CT molecular complexity index is 963. The molecule has 2 aromatic carbocycles. The highest BCUT2D eigenvalue weighted by Crippen LogP contribution is 2.33. The van der Waals surface area contributed by atoms with E-state index in [9.17, 15) is 4.79 Å². The third-order valence-electron chi connectivity index (χ3n) is 5.15. The van der Waals surface area contributed by atoms with Crippen molar-refractivity contribution in [2.45, 2.75) is 32.7 Å². The first-order valence-electron chi connectivity index (χ1n) is 9.57. The molecule has 4 rings (SSSR count). The van der Waals surface area contributed by atoms with Gasteiger partial charge in [-0.05, 0) is 43.7 Å². The minimum absolute atomic E-state index is 0.0899. The number of benzene rings is 2. The van der Waals surface area contributed by atoms with Crippen molar-refractivity contribution in [3.05, 3.63) is 59.9 Å². The van der Waals surface area contributed by atoms with Crippen LogP contribution in [0.2, 0.25) is 0 Å². The zero-order valence-electron chi connectivity index (χ0n) is 15.9. The summed E-state index contributed by atoms with van der Waals surface area (Å²) in [4.78, 5) is 19.5. The fourth-order valence-corrected chi connectivity index (χ4v) is 3.87. The van der Waals surface area contributed by atoms with Crippen LogP contribution in [-0.2, 0) is 16.1 Å². The van der Waals surface area contributed by atoms with Crippen LogP contribution in [0.1, 0.15) is 30.7 Å². The largest absolute Gasteiger partial charge is 0.380 e. The summed E-state index contributed by atoms with van der Waals surface area (Å²) in [5, 5.41) is 0. The molecule has 27 heavy (non-hydrogen) atoms. The minimum Gasteiger partial charge on any atom is -0.380 e. The summed E-state index contributed by atoms with van der Waals surface area (Å²) in [6, 6.07) is 16.3. The number of carbonyl (C=O) groups excluding carboxylic acids is 1. The number of anilines is 1. The van der Waals surface area contributed by atoms with E-state index in [1.54, 1.807) is 0 Å². The van der Waals surface area contributed by atoms with Crippen LogP contribution in [0.4, 0.5) is 5.69 Å². The molecule has 1 aliphatic heterocycles. The highest BCUT2D eigenvalue weighted by Gasteiger charge is 2.34. The van der Waals surface area contributed by atoms with Gasteiger partial charge in [0, 0.05) is 37.7 Å². The molecule has 3 aromatic rings. The molecule has 0 N–H and O–H groups in total. The van der Waals surface area contributed by atoms with Gasteiger partial charge >= 0.3 is 0 Å². The molecule has 1 aromatic heterocycles. The van der Waals surface area contributed by atoms with Gasteiger partial charge in [-0.3, -0.25) is 4.79 Å². The summed E-state index contributed by atoms with van der Waals surface area (Å²) in [5.74, 6) is 1.24. The summed E-state index contributed by atoms with van der Waals surface area (Å²) in [6.45, 7) is 6.81. The van der Waals surface area contributed by atoms with Crippen molar-refractivity contribution in [3.8, 4) is 0 Å². The van der Waals surface area contributed by atoms with Crippen LogP contribution in [0.3, 0.4) is 0 Å². The number of fused-ring (bicyclic) bond motifs is 1. The number of nitrogens with zero attached hydrogens (tertiary/aromatic N) is 3. The second-order valence-electron chi connectivity index (χ2n) is 7.05. The molecular weight excluding hydrogens is 338 g/mol. The molecule has 5 heteroatoms. The Morgan fingerprint density at radius 3 is 2.85 bits per heavy atom. The molecule has 0 bridgehead atoms. The summed E-state index contributed by atoms with van der Waals surface area (Å²) in [7, 11) is 0. The predicted molar refractivity (Wildman–Crippen MR) is 107 cm³/mol. The molecule has 1 aliphatic rings. The van der Waals surface area contributed by atoms with Crippen molar-refractivity contribution in [2.24, 2.45) is 0 Å². The summed E-state index contributed by atoms with van der Waals surface area (Å²) in [6.07, 6.45) is 0.492. The number of carbonyl (C=O) groups is 1. The normalized spacial score (nSPS) is 17.2. The number of aryl methyl sites for hydroxylation is 1. The fraction of sp³-hybridized carbons (Fsp3) is 0.364. The van der Waals surface area contributed by atoms with Gasteiger partial charge in [-0.2, -0.15) is 0 Å². The maximum Gasteiger partial charge on any atom is 0.227 e. The Hall–Kier alpha value is -2.66. The Balaban J connectivity index is 1.66. The summed E-state index contributed by atoms with van der Waals surface area (Å²) >= 11 is 0. The van der Waals surface area contributed by atoms with Crippen LogP contribution in [0, 0.1) is 6.92 Å². The molecule has 0 unspecified atom stereocenters. The molecule has 0 aliphatic carbocycles. The number of para-hydroxylation sites is 2. The van der Waals surface area contributed by atoms with E-state index in [-0.39, 0.29) is 11.8 Å². The van der Waals surface area contributed by atoms with E-state index in [2.05, 4.69) is 29.7 Å². The molecular formula is C22H25N3O2. The van der Waals surface area contributed by atoms with Crippen LogP contribution in [0.15, 0.2) is 48.5 Å². The van der Waals surface area contributed by atoms with Gasteiger partial charge in [0.05, 0.1) is 17.6 Å². The van der Waals surface area contributed by atoms with E-state index in [1.165, 1.54) is 0 Å². The highest BCUT2D eigenvalue weighted by atomic mass is 16.5. The maximum absolute atomic E-state index is 12.7. The van der Waals surface area contributed by atoms with Crippen LogP contribution in [0.5, 0.6) is 0 Å². The monoisotopic (exact) mass is 363 g/mol. The Kier molecular flexibility index (Phi) is 4.94. The molecule has 0 radical (unpaired) electrons. The predicted octanol–water partition coefficient (Wildman–Crippen LogP) is 3.90. The molecule has 0 spiro atoms. The van der Waals surface area contributed by atoms with Gasteiger partial charge < -0.3 is 14.2 Å². The van der Waals surface area contributed by atoms with E-state index >= 15 is 0 Å². The van der Waals surface area contributed by atoms with Crippen molar-refractivity contribution in [2.75, 3.05) is 24.7 Å². The van der Waals surface area contributed by atoms with E-state index in [0.717, 1.165) is 34.7 Å². The first-order valence-corrected chi connectivity index (χ1v) is 9.57. The third-order valence-corrected chi connectivity index (χ3v) is 5.15. The second kappa shape index (κ2) is 7.53. The Morgan fingerprint density at radius 1 is 1.19 bits per heavy atom. The van der Waals surface area contributed by atoms with Gasteiger partial charge in [-0.25, -0.2) is 4.98 Å². The van der Waals surface area contributed by atoms with Gasteiger partial charge in [-0.1, -0.05) is 24.3 Å². The minimum atomic E-state index is 0.0899. The number of amides is 1. The van der Waals surface area contributed by atoms with Gasteiger partial charge in [0.25, 0.3) is 0 Å². The number of rotatable bonds is 6. The van der Waals surface area contributed by atoms with E-state index < -0.39 is 0 Å². The first kappa shape index (κ1) is 17.7. The van der Waals surface area contributed by atoms with Gasteiger partial charge in [0.1, 0.15) is 5.82 Å². The Labute approximate surface area is 159 Å². The third kappa shape index (κ3) is 3.47. The van der Waals surface area contributed by atoms with Crippen LogP contribution in [-0.4, -0.2) is 35.2 Å². The molecule has 0 saturated carbocycles. The molecule has 1 saturated heterocycles. The van der Waals surface area contributed by atoms with Gasteiger partial charge in [0.2, 0.25) is 5.91 Å². The lowest BCUT2D eigenvalue weighted by Crippen LogP contribution is -2.24. The zero-order chi connectivity index (χ0) is 18.8. The van der Waals surface area contributed by atoms with Crippen molar-refractivity contribution in [3.63, 3.8) is 0 Å². The quantitative estimate of drug-likeness (QED) is 0.624. The molecule has 1 amide bonds. The number of hydrogen-bond donors (Lipinski definition) is 0. The van der Waals surface area contributed by atoms with Gasteiger partial charge in [0.15, 0.2) is 0 Å². The van der Waals surface area contributed by atoms with Crippen molar-refractivity contribution in [1.82, 2.24) is 9.55 Å². The molecule has 1 fully saturated rings. The van der Waals surface area contributed by atoms with Crippen molar-refractivity contribution < 1.29 is 9.53 Å². The number of ether oxygens (including phenoxy) is 1. The lowest BCUT2D eigenvalue weighted by molar-refractivity contribution is -0.117. The molecule has 2 heterocycles. The topological polar surface area (TPSA) is 47.4 Å². The molecule has 1 atom stereocenters. The van der Waals surface area contributed by atoms with E-state index in [1.807, 2.05) is 42.2 Å². The van der Waals surface area contributed by atoms with Crippen molar-refractivity contribution >= 4 is 22.6 Å². The van der Waals surface area contributed by atoms with Crippen LogP contribution in [0.25, 0.3) is 11.0 Å². The highest BCUT2D eigenvalue weighted by molar-refractivity contribution is 5.96. The average molecular weight is 363 g/mol. The lowest BCUT2D eigenvalue weighted by Gasteiger charge is -2.18. The number of imidazole rings is 1. The van der Waals surface area contributed by atoms with E-state index in [4.69, 9.17) is 9.72 Å². The van der Waals surface area contributed by atoms with Crippen molar-refractivity contribution in [1.29, 1.82) is 0 Å². The number of hydrogen-bond acceptors (Lipinski definition) is 3. The lowest BCUT2D eigenvalue weighted by atomic mass is 10.1. The number of aromatic nitrogens is 2. The average Bonchev–Trinajstić information content (AvgIpc) is 3.23. The van der Waals surface area contributed by atoms with Crippen LogP contribution >= 0.6 is 0 Å². The fourth-order valence-electron chi connectivity index (χ4n) is 3.87.